The first-order chi connectivity index (χ1) is 11.9. The molecule has 1 heterocycles. The van der Waals surface area contributed by atoms with Crippen LogP contribution in [0.15, 0.2) is 53.4 Å². The predicted octanol–water partition coefficient (Wildman–Crippen LogP) is 3.54. The highest BCUT2D eigenvalue weighted by molar-refractivity contribution is 7.89. The number of hydrogen-bond donors (Lipinski definition) is 1. The second-order valence-corrected chi connectivity index (χ2v) is 8.41. The molecule has 2 aromatic rings. The van der Waals surface area contributed by atoms with Gasteiger partial charge >= 0.3 is 0 Å². The maximum Gasteiger partial charge on any atom is 0.240 e. The average molecular weight is 362 g/mol. The molecule has 0 saturated carbocycles. The lowest BCUT2D eigenvalue weighted by atomic mass is 9.99. The zero-order valence-corrected chi connectivity index (χ0v) is 15.1. The molecule has 1 fully saturated rings. The Morgan fingerprint density at radius 3 is 2.44 bits per heavy atom. The average Bonchev–Trinajstić information content (AvgIpc) is 2.61. The van der Waals surface area contributed by atoms with Gasteiger partial charge in [-0.2, -0.15) is 0 Å². The van der Waals surface area contributed by atoms with Gasteiger partial charge < -0.3 is 4.90 Å². The van der Waals surface area contributed by atoms with Crippen LogP contribution in [-0.2, 0) is 16.6 Å². The number of anilines is 1. The Bertz CT molecular complexity index is 804. The highest BCUT2D eigenvalue weighted by Crippen LogP contribution is 2.23. The minimum Gasteiger partial charge on any atom is -0.371 e. The maximum absolute atomic E-state index is 12.9. The first-order valence-electron chi connectivity index (χ1n) is 8.53. The first kappa shape index (κ1) is 17.9. The Morgan fingerprint density at radius 2 is 1.80 bits per heavy atom. The van der Waals surface area contributed by atoms with Crippen molar-refractivity contribution in [2.75, 3.05) is 18.0 Å². The molecule has 0 spiro atoms. The lowest BCUT2D eigenvalue weighted by Crippen LogP contribution is -2.34. The van der Waals surface area contributed by atoms with Crippen molar-refractivity contribution in [3.05, 3.63) is 59.9 Å². The summed E-state index contributed by atoms with van der Waals surface area (Å²) in [5.41, 5.74) is 2.07. The summed E-state index contributed by atoms with van der Waals surface area (Å²) in [6.07, 6.45) is 2.49. The predicted molar refractivity (Wildman–Crippen MR) is 97.5 cm³/mol. The van der Waals surface area contributed by atoms with E-state index in [1.54, 1.807) is 0 Å². The van der Waals surface area contributed by atoms with E-state index >= 15 is 0 Å². The van der Waals surface area contributed by atoms with Gasteiger partial charge in [-0.25, -0.2) is 17.5 Å². The Morgan fingerprint density at radius 1 is 1.12 bits per heavy atom. The molecule has 0 radical (unpaired) electrons. The molecule has 2 aromatic carbocycles. The van der Waals surface area contributed by atoms with Gasteiger partial charge in [0, 0.05) is 25.3 Å². The van der Waals surface area contributed by atoms with Crippen LogP contribution in [0.3, 0.4) is 0 Å². The van der Waals surface area contributed by atoms with Crippen LogP contribution >= 0.6 is 0 Å². The molecule has 3 rings (SSSR count). The molecule has 1 aliphatic rings. The lowest BCUT2D eigenvalue weighted by molar-refractivity contribution is 0.447. The number of halogens is 1. The summed E-state index contributed by atoms with van der Waals surface area (Å²) >= 11 is 0. The van der Waals surface area contributed by atoms with Gasteiger partial charge in [0.05, 0.1) is 4.90 Å². The molecule has 0 unspecified atom stereocenters. The molecule has 25 heavy (non-hydrogen) atoms. The largest absolute Gasteiger partial charge is 0.371 e. The highest BCUT2D eigenvalue weighted by atomic mass is 32.2. The maximum atomic E-state index is 12.9. The second-order valence-electron chi connectivity index (χ2n) is 6.64. The van der Waals surface area contributed by atoms with Crippen molar-refractivity contribution >= 4 is 15.7 Å². The summed E-state index contributed by atoms with van der Waals surface area (Å²) in [5, 5.41) is 0. The smallest absolute Gasteiger partial charge is 0.240 e. The number of piperidine rings is 1. The van der Waals surface area contributed by atoms with Crippen LogP contribution in [0.1, 0.15) is 25.3 Å². The zero-order chi connectivity index (χ0) is 17.9. The number of benzene rings is 2. The van der Waals surface area contributed by atoms with Crippen LogP contribution in [0.2, 0.25) is 0 Å². The Balaban J connectivity index is 1.62. The third kappa shape index (κ3) is 4.58. The fourth-order valence-electron chi connectivity index (χ4n) is 3.12. The van der Waals surface area contributed by atoms with Gasteiger partial charge in [0.15, 0.2) is 0 Å². The summed E-state index contributed by atoms with van der Waals surface area (Å²) in [4.78, 5) is 2.44. The summed E-state index contributed by atoms with van der Waals surface area (Å²) < 4.78 is 39.9. The molecule has 0 amide bonds. The minimum absolute atomic E-state index is 0.0628. The van der Waals surface area contributed by atoms with E-state index < -0.39 is 15.8 Å². The van der Waals surface area contributed by atoms with Gasteiger partial charge in [0.2, 0.25) is 10.0 Å². The number of hydrogen-bond acceptors (Lipinski definition) is 3. The fourth-order valence-corrected chi connectivity index (χ4v) is 4.14. The summed E-state index contributed by atoms with van der Waals surface area (Å²) in [5.74, 6) is 0.248. The van der Waals surface area contributed by atoms with E-state index in [1.807, 2.05) is 24.3 Å². The minimum atomic E-state index is -3.64. The molecule has 1 N–H and O–H groups in total. The van der Waals surface area contributed by atoms with Gasteiger partial charge in [-0.3, -0.25) is 0 Å². The van der Waals surface area contributed by atoms with Crippen molar-refractivity contribution in [3.8, 4) is 0 Å². The number of rotatable bonds is 5. The van der Waals surface area contributed by atoms with E-state index in [0.29, 0.717) is 5.92 Å². The van der Waals surface area contributed by atoms with Crippen LogP contribution < -0.4 is 9.62 Å². The number of nitrogens with one attached hydrogen (secondary N) is 1. The van der Waals surface area contributed by atoms with Crippen molar-refractivity contribution in [3.63, 3.8) is 0 Å². The Hall–Kier alpha value is -1.92. The standard InChI is InChI=1S/C19H23FN2O2S/c1-15-3-2-12-22(14-15)18-8-4-16(5-9-18)13-21-25(23,24)19-10-6-17(20)7-11-19/h4-11,15,21H,2-3,12-14H2,1H3/t15-/m1/s1. The van der Waals surface area contributed by atoms with Gasteiger partial charge in [-0.15, -0.1) is 0 Å². The SMILES string of the molecule is C[C@@H]1CCCN(c2ccc(CNS(=O)(=O)c3ccc(F)cc3)cc2)C1. The van der Waals surface area contributed by atoms with E-state index in [2.05, 4.69) is 16.5 Å². The van der Waals surface area contributed by atoms with Gasteiger partial charge in [-0.1, -0.05) is 19.1 Å². The monoisotopic (exact) mass is 362 g/mol. The van der Waals surface area contributed by atoms with Gasteiger partial charge in [0.1, 0.15) is 5.82 Å². The van der Waals surface area contributed by atoms with Crippen molar-refractivity contribution in [2.45, 2.75) is 31.2 Å². The molecule has 1 atom stereocenters. The highest BCUT2D eigenvalue weighted by Gasteiger charge is 2.17. The molecule has 6 heteroatoms. The van der Waals surface area contributed by atoms with Crippen molar-refractivity contribution < 1.29 is 12.8 Å². The van der Waals surface area contributed by atoms with Crippen molar-refractivity contribution in [2.24, 2.45) is 5.92 Å². The van der Waals surface area contributed by atoms with Crippen molar-refractivity contribution in [1.82, 2.24) is 4.72 Å². The van der Waals surface area contributed by atoms with Crippen LogP contribution in [0.5, 0.6) is 0 Å². The normalized spacial score (nSPS) is 18.3. The molecule has 0 aliphatic carbocycles. The molecule has 4 nitrogen and oxygen atoms in total. The molecular weight excluding hydrogens is 339 g/mol. The topological polar surface area (TPSA) is 49.4 Å². The summed E-state index contributed by atoms with van der Waals surface area (Å²) in [6.45, 7) is 4.61. The molecule has 1 aliphatic heterocycles. The Kier molecular flexibility index (Phi) is 5.39. The quantitative estimate of drug-likeness (QED) is 0.885. The molecular formula is C19H23FN2O2S. The first-order valence-corrected chi connectivity index (χ1v) is 10.0. The van der Waals surface area contributed by atoms with Crippen LogP contribution in [0, 0.1) is 11.7 Å². The van der Waals surface area contributed by atoms with E-state index in [1.165, 1.54) is 30.7 Å². The van der Waals surface area contributed by atoms with Gasteiger partial charge in [0.25, 0.3) is 0 Å². The zero-order valence-electron chi connectivity index (χ0n) is 14.3. The number of nitrogens with zero attached hydrogens (tertiary/aromatic N) is 1. The summed E-state index contributed by atoms with van der Waals surface area (Å²) in [7, 11) is -3.64. The van der Waals surface area contributed by atoms with E-state index in [9.17, 15) is 12.8 Å². The molecule has 0 bridgehead atoms. The van der Waals surface area contributed by atoms with Gasteiger partial charge in [-0.05, 0) is 60.7 Å². The third-order valence-electron chi connectivity index (χ3n) is 4.55. The third-order valence-corrected chi connectivity index (χ3v) is 5.97. The van der Waals surface area contributed by atoms with E-state index in [-0.39, 0.29) is 11.4 Å². The van der Waals surface area contributed by atoms with E-state index in [4.69, 9.17) is 0 Å². The fraction of sp³-hybridized carbons (Fsp3) is 0.368. The van der Waals surface area contributed by atoms with Crippen LogP contribution in [-0.4, -0.2) is 21.5 Å². The molecule has 0 aromatic heterocycles. The Labute approximate surface area is 148 Å². The van der Waals surface area contributed by atoms with Crippen molar-refractivity contribution in [1.29, 1.82) is 0 Å². The summed E-state index contributed by atoms with van der Waals surface area (Å²) in [6, 6.07) is 12.8. The van der Waals surface area contributed by atoms with E-state index in [0.717, 1.165) is 30.8 Å². The van der Waals surface area contributed by atoms with Crippen LogP contribution in [0.25, 0.3) is 0 Å². The molecule has 1 saturated heterocycles. The lowest BCUT2D eigenvalue weighted by Gasteiger charge is -2.32. The second kappa shape index (κ2) is 7.54. The number of sulfonamides is 1. The van der Waals surface area contributed by atoms with Crippen LogP contribution in [0.4, 0.5) is 10.1 Å². The molecule has 134 valence electrons.